The van der Waals surface area contributed by atoms with Crippen LogP contribution in [0.1, 0.15) is 26.7 Å². The van der Waals surface area contributed by atoms with Crippen LogP contribution in [-0.4, -0.2) is 57.8 Å². The molecule has 1 unspecified atom stereocenters. The lowest BCUT2D eigenvalue weighted by atomic mass is 9.39. The molecule has 5 rings (SSSR count). The lowest BCUT2D eigenvalue weighted by molar-refractivity contribution is -0.305. The van der Waals surface area contributed by atoms with Crippen LogP contribution in [0.15, 0.2) is 23.8 Å². The molecule has 0 radical (unpaired) electrons. The largest absolute Gasteiger partial charge is 0.462 e. The summed E-state index contributed by atoms with van der Waals surface area (Å²) in [4.78, 5) is 24.8. The summed E-state index contributed by atoms with van der Waals surface area (Å²) in [6, 6.07) is 0. The molecule has 27 heavy (non-hydrogen) atoms. The SMILES string of the molecule is C=C1C2CC(=O)O[C@@H]3C[C@H]4C(C)=CC(=O)[C@@H](O)[C@]4(C)[C@H]4[C@](O)(OC[C@]234)[C@H]1O. The number of rotatable bonds is 0. The zero-order chi connectivity index (χ0) is 19.5. The summed E-state index contributed by atoms with van der Waals surface area (Å²) in [5.74, 6) is -4.25. The number of ether oxygens (including phenoxy) is 2. The molecule has 4 fully saturated rings. The van der Waals surface area contributed by atoms with Crippen LogP contribution in [0.4, 0.5) is 0 Å². The minimum absolute atomic E-state index is 0.0436. The van der Waals surface area contributed by atoms with Gasteiger partial charge in [0.1, 0.15) is 18.3 Å². The third-order valence-electron chi connectivity index (χ3n) is 8.19. The van der Waals surface area contributed by atoms with Crippen molar-refractivity contribution in [3.8, 4) is 0 Å². The Labute approximate surface area is 156 Å². The number of ketones is 1. The molecule has 0 aromatic heterocycles. The van der Waals surface area contributed by atoms with Crippen molar-refractivity contribution >= 4 is 11.8 Å². The Kier molecular flexibility index (Phi) is 3.18. The fourth-order valence-electron chi connectivity index (χ4n) is 7.14. The maximum Gasteiger partial charge on any atom is 0.306 e. The number of carbonyl (C=O) groups excluding carboxylic acids is 2. The fourth-order valence-corrected chi connectivity index (χ4v) is 7.14. The molecule has 3 N–H and O–H groups in total. The standard InChI is InChI=1S/C20H24O7/c1-8-4-12(21)16(24)18(3)10(8)5-13-19-7-26-20(25,17(18)19)15(23)9(2)11(19)6-14(22)27-13/h4,10-11,13,15-17,23-25H,2,5-7H2,1,3H3/t10-,11?,13+,15-,16+,17+,18+,19-,20+/m0/s1. The number of hydrogen-bond acceptors (Lipinski definition) is 7. The van der Waals surface area contributed by atoms with Crippen molar-refractivity contribution in [3.63, 3.8) is 0 Å². The Balaban J connectivity index is 1.79. The van der Waals surface area contributed by atoms with Gasteiger partial charge in [0.05, 0.1) is 13.0 Å². The van der Waals surface area contributed by atoms with Crippen molar-refractivity contribution in [2.24, 2.45) is 28.6 Å². The average Bonchev–Trinajstić information content (AvgIpc) is 2.90. The second-order valence-corrected chi connectivity index (χ2v) is 9.15. The van der Waals surface area contributed by atoms with E-state index in [0.717, 1.165) is 5.57 Å². The van der Waals surface area contributed by atoms with Crippen molar-refractivity contribution < 1.29 is 34.4 Å². The van der Waals surface area contributed by atoms with E-state index in [0.29, 0.717) is 12.0 Å². The van der Waals surface area contributed by atoms with Crippen LogP contribution in [0.3, 0.4) is 0 Å². The first-order valence-corrected chi connectivity index (χ1v) is 9.41. The second-order valence-electron chi connectivity index (χ2n) is 9.15. The van der Waals surface area contributed by atoms with E-state index in [1.165, 1.54) is 6.08 Å². The van der Waals surface area contributed by atoms with Gasteiger partial charge in [-0.15, -0.1) is 0 Å². The topological polar surface area (TPSA) is 113 Å². The molecule has 9 atom stereocenters. The van der Waals surface area contributed by atoms with E-state index >= 15 is 0 Å². The summed E-state index contributed by atoms with van der Waals surface area (Å²) in [6.45, 7) is 7.64. The van der Waals surface area contributed by atoms with E-state index in [1.54, 1.807) is 6.92 Å². The molecule has 2 heterocycles. The minimum Gasteiger partial charge on any atom is -0.462 e. The zero-order valence-corrected chi connectivity index (χ0v) is 15.3. The molecular formula is C20H24O7. The molecule has 2 bridgehead atoms. The van der Waals surface area contributed by atoms with Crippen molar-refractivity contribution in [3.05, 3.63) is 23.8 Å². The third-order valence-corrected chi connectivity index (χ3v) is 8.19. The van der Waals surface area contributed by atoms with Gasteiger partial charge in [-0.05, 0) is 30.9 Å². The molecule has 2 saturated heterocycles. The highest BCUT2D eigenvalue weighted by Gasteiger charge is 2.81. The Morgan fingerprint density at radius 3 is 2.63 bits per heavy atom. The zero-order valence-electron chi connectivity index (χ0n) is 15.3. The van der Waals surface area contributed by atoms with Gasteiger partial charge in [0, 0.05) is 22.7 Å². The van der Waals surface area contributed by atoms with Crippen LogP contribution in [0, 0.1) is 28.6 Å². The van der Waals surface area contributed by atoms with Crippen LogP contribution >= 0.6 is 0 Å². The maximum absolute atomic E-state index is 12.5. The summed E-state index contributed by atoms with van der Waals surface area (Å²) in [6.07, 6.45) is -1.36. The number of fused-ring (bicyclic) bond motifs is 1. The van der Waals surface area contributed by atoms with Gasteiger partial charge in [-0.2, -0.15) is 0 Å². The van der Waals surface area contributed by atoms with E-state index in [4.69, 9.17) is 9.47 Å². The molecule has 3 aliphatic carbocycles. The van der Waals surface area contributed by atoms with Gasteiger partial charge in [-0.3, -0.25) is 9.59 Å². The number of aliphatic hydroxyl groups is 3. The van der Waals surface area contributed by atoms with Gasteiger partial charge in [0.25, 0.3) is 0 Å². The Hall–Kier alpha value is -1.54. The molecule has 2 saturated carbocycles. The van der Waals surface area contributed by atoms with Gasteiger partial charge in [0.2, 0.25) is 0 Å². The van der Waals surface area contributed by atoms with Gasteiger partial charge >= 0.3 is 5.97 Å². The molecule has 0 aromatic carbocycles. The van der Waals surface area contributed by atoms with Crippen LogP contribution in [-0.2, 0) is 19.1 Å². The van der Waals surface area contributed by atoms with Gasteiger partial charge in [-0.25, -0.2) is 0 Å². The van der Waals surface area contributed by atoms with Crippen LogP contribution in [0.5, 0.6) is 0 Å². The van der Waals surface area contributed by atoms with Gasteiger partial charge < -0.3 is 24.8 Å². The maximum atomic E-state index is 12.5. The molecule has 146 valence electrons. The van der Waals surface area contributed by atoms with E-state index in [1.807, 2.05) is 6.92 Å². The number of esters is 1. The molecule has 7 nitrogen and oxygen atoms in total. The van der Waals surface area contributed by atoms with Crippen molar-refractivity contribution in [2.75, 3.05) is 6.61 Å². The fraction of sp³-hybridized carbons (Fsp3) is 0.700. The lowest BCUT2D eigenvalue weighted by Crippen LogP contribution is -2.74. The molecule has 2 aliphatic heterocycles. The smallest absolute Gasteiger partial charge is 0.306 e. The van der Waals surface area contributed by atoms with Crippen LogP contribution < -0.4 is 0 Å². The quantitative estimate of drug-likeness (QED) is 0.405. The first kappa shape index (κ1) is 17.6. The monoisotopic (exact) mass is 376 g/mol. The number of carbonyl (C=O) groups is 2. The molecule has 5 aliphatic rings. The van der Waals surface area contributed by atoms with Crippen molar-refractivity contribution in [1.82, 2.24) is 0 Å². The lowest BCUT2D eigenvalue weighted by Gasteiger charge is -2.66. The first-order chi connectivity index (χ1) is 12.6. The predicted molar refractivity (Wildman–Crippen MR) is 90.9 cm³/mol. The molecule has 0 aromatic rings. The summed E-state index contributed by atoms with van der Waals surface area (Å²) >= 11 is 0. The molecule has 1 spiro atoms. The third kappa shape index (κ3) is 1.69. The van der Waals surface area contributed by atoms with Crippen LogP contribution in [0.25, 0.3) is 0 Å². The summed E-state index contributed by atoms with van der Waals surface area (Å²) in [5.41, 5.74) is -0.730. The number of aliphatic hydroxyl groups excluding tert-OH is 2. The molecule has 0 amide bonds. The Morgan fingerprint density at radius 1 is 1.22 bits per heavy atom. The van der Waals surface area contributed by atoms with E-state index in [2.05, 4.69) is 6.58 Å². The van der Waals surface area contributed by atoms with Crippen LogP contribution in [0.2, 0.25) is 0 Å². The Bertz CT molecular complexity index is 817. The average molecular weight is 376 g/mol. The van der Waals surface area contributed by atoms with Crippen molar-refractivity contribution in [1.29, 1.82) is 0 Å². The van der Waals surface area contributed by atoms with E-state index in [-0.39, 0.29) is 24.9 Å². The minimum atomic E-state index is -1.98. The second kappa shape index (κ2) is 4.89. The summed E-state index contributed by atoms with van der Waals surface area (Å²) < 4.78 is 11.5. The van der Waals surface area contributed by atoms with Gasteiger partial charge in [0.15, 0.2) is 11.6 Å². The van der Waals surface area contributed by atoms with Crippen molar-refractivity contribution in [2.45, 2.75) is 50.8 Å². The number of allylic oxidation sites excluding steroid dienone is 1. The van der Waals surface area contributed by atoms with E-state index in [9.17, 15) is 24.9 Å². The highest BCUT2D eigenvalue weighted by molar-refractivity contribution is 5.96. The Morgan fingerprint density at radius 2 is 1.93 bits per heavy atom. The highest BCUT2D eigenvalue weighted by atomic mass is 16.6. The highest BCUT2D eigenvalue weighted by Crippen LogP contribution is 2.73. The molecular weight excluding hydrogens is 352 g/mol. The van der Waals surface area contributed by atoms with E-state index < -0.39 is 52.5 Å². The van der Waals surface area contributed by atoms with Gasteiger partial charge in [-0.1, -0.05) is 19.1 Å². The first-order valence-electron chi connectivity index (χ1n) is 9.41. The predicted octanol–water partition coefficient (Wildman–Crippen LogP) is 0.0863. The molecule has 7 heteroatoms. The summed E-state index contributed by atoms with van der Waals surface area (Å²) in [7, 11) is 0. The summed E-state index contributed by atoms with van der Waals surface area (Å²) in [5, 5.41) is 33.3. The number of hydrogen-bond donors (Lipinski definition) is 3. The normalized spacial score (nSPS) is 56.2.